The van der Waals surface area contributed by atoms with Gasteiger partial charge in [-0.2, -0.15) is 27.8 Å². The van der Waals surface area contributed by atoms with Crippen LogP contribution in [0.4, 0.5) is 24.7 Å². The van der Waals surface area contributed by atoms with E-state index in [4.69, 9.17) is 0 Å². The normalized spacial score (nSPS) is 18.0. The maximum absolute atomic E-state index is 13.0. The Hall–Kier alpha value is -2.84. The van der Waals surface area contributed by atoms with Crippen LogP contribution in [0.2, 0.25) is 0 Å². The number of benzene rings is 1. The average molecular weight is 348 g/mol. The zero-order valence-corrected chi connectivity index (χ0v) is 13.1. The van der Waals surface area contributed by atoms with Crippen LogP contribution in [0, 0.1) is 0 Å². The van der Waals surface area contributed by atoms with Gasteiger partial charge >= 0.3 is 6.18 Å². The van der Waals surface area contributed by atoms with Crippen LogP contribution in [0.15, 0.2) is 42.7 Å². The Morgan fingerprint density at radius 1 is 1.16 bits per heavy atom. The molecule has 1 saturated heterocycles. The Kier molecular flexibility index (Phi) is 3.70. The molecule has 0 spiro atoms. The fourth-order valence-corrected chi connectivity index (χ4v) is 3.02. The van der Waals surface area contributed by atoms with Crippen molar-refractivity contribution in [3.8, 4) is 0 Å². The summed E-state index contributed by atoms with van der Waals surface area (Å²) in [5, 5.41) is 7.12. The smallest absolute Gasteiger partial charge is 0.369 e. The summed E-state index contributed by atoms with van der Waals surface area (Å²) in [6.07, 6.45) is -2.52. The summed E-state index contributed by atoms with van der Waals surface area (Å²) in [6, 6.07) is 10.9. The van der Waals surface area contributed by atoms with E-state index >= 15 is 0 Å². The van der Waals surface area contributed by atoms with E-state index in [1.165, 1.54) is 10.8 Å². The Bertz CT molecular complexity index is 876. The number of rotatable bonds is 3. The van der Waals surface area contributed by atoms with Crippen LogP contribution in [0.1, 0.15) is 12.1 Å². The number of anilines is 2. The third-order valence-corrected chi connectivity index (χ3v) is 4.20. The van der Waals surface area contributed by atoms with Crippen molar-refractivity contribution >= 4 is 17.3 Å². The van der Waals surface area contributed by atoms with Gasteiger partial charge in [0, 0.05) is 30.9 Å². The second-order valence-electron chi connectivity index (χ2n) is 5.91. The largest absolute Gasteiger partial charge is 0.433 e. The standard InChI is InChI=1S/C16H15F3N6/c17-16(18,19)13-8-14(25-15(23-13)20-10-21-25)22-11-6-7-24(9-11)12-4-2-1-3-5-12/h1-5,8,10-11,22H,6-7,9H2. The van der Waals surface area contributed by atoms with Crippen molar-refractivity contribution in [1.82, 2.24) is 19.6 Å². The third kappa shape index (κ3) is 3.09. The quantitative estimate of drug-likeness (QED) is 0.789. The molecule has 1 fully saturated rings. The molecular formula is C16H15F3N6. The van der Waals surface area contributed by atoms with Gasteiger partial charge in [0.05, 0.1) is 0 Å². The Morgan fingerprint density at radius 2 is 1.96 bits per heavy atom. The molecule has 3 heterocycles. The van der Waals surface area contributed by atoms with Crippen molar-refractivity contribution in [2.24, 2.45) is 0 Å². The van der Waals surface area contributed by atoms with Gasteiger partial charge in [0.15, 0.2) is 5.69 Å². The van der Waals surface area contributed by atoms with Crippen molar-refractivity contribution < 1.29 is 13.2 Å². The van der Waals surface area contributed by atoms with Crippen molar-refractivity contribution in [3.63, 3.8) is 0 Å². The summed E-state index contributed by atoms with van der Waals surface area (Å²) in [6.45, 7) is 1.53. The Morgan fingerprint density at radius 3 is 2.72 bits per heavy atom. The lowest BCUT2D eigenvalue weighted by Crippen LogP contribution is -2.27. The average Bonchev–Trinajstić information content (AvgIpc) is 3.24. The number of nitrogens with zero attached hydrogens (tertiary/aromatic N) is 5. The third-order valence-electron chi connectivity index (χ3n) is 4.20. The first-order valence-corrected chi connectivity index (χ1v) is 7.85. The zero-order valence-electron chi connectivity index (χ0n) is 13.1. The minimum absolute atomic E-state index is 0.0103. The summed E-state index contributed by atoms with van der Waals surface area (Å²) < 4.78 is 40.4. The predicted octanol–water partition coefficient (Wildman–Crippen LogP) is 2.83. The van der Waals surface area contributed by atoms with Gasteiger partial charge in [-0.05, 0) is 18.6 Å². The fourth-order valence-electron chi connectivity index (χ4n) is 3.02. The number of aromatic nitrogens is 4. The van der Waals surface area contributed by atoms with Crippen LogP contribution in [-0.2, 0) is 6.18 Å². The molecule has 1 N–H and O–H groups in total. The molecule has 6 nitrogen and oxygen atoms in total. The van der Waals surface area contributed by atoms with E-state index in [1.807, 2.05) is 30.3 Å². The highest BCUT2D eigenvalue weighted by Gasteiger charge is 2.34. The number of nitrogens with one attached hydrogen (secondary N) is 1. The molecule has 0 radical (unpaired) electrons. The van der Waals surface area contributed by atoms with Crippen molar-refractivity contribution in [2.45, 2.75) is 18.6 Å². The fraction of sp³-hybridized carbons (Fsp3) is 0.312. The van der Waals surface area contributed by atoms with E-state index < -0.39 is 11.9 Å². The highest BCUT2D eigenvalue weighted by molar-refractivity contribution is 5.50. The number of halogens is 3. The van der Waals surface area contributed by atoms with Gasteiger partial charge in [0.1, 0.15) is 12.1 Å². The van der Waals surface area contributed by atoms with E-state index in [-0.39, 0.29) is 17.6 Å². The van der Waals surface area contributed by atoms with Crippen LogP contribution >= 0.6 is 0 Å². The van der Waals surface area contributed by atoms with Crippen LogP contribution in [0.25, 0.3) is 5.78 Å². The van der Waals surface area contributed by atoms with E-state index in [1.54, 1.807) is 0 Å². The molecule has 1 aromatic carbocycles. The zero-order chi connectivity index (χ0) is 17.4. The summed E-state index contributed by atoms with van der Waals surface area (Å²) >= 11 is 0. The number of alkyl halides is 3. The van der Waals surface area contributed by atoms with Gasteiger partial charge in [-0.15, -0.1) is 0 Å². The predicted molar refractivity (Wildman–Crippen MR) is 86.5 cm³/mol. The minimum atomic E-state index is -4.53. The SMILES string of the molecule is FC(F)(F)c1cc(NC2CCN(c3ccccc3)C2)n2ncnc2n1. The van der Waals surface area contributed by atoms with E-state index in [0.717, 1.165) is 24.7 Å². The molecule has 9 heteroatoms. The van der Waals surface area contributed by atoms with Crippen LogP contribution in [0.5, 0.6) is 0 Å². The molecule has 130 valence electrons. The van der Waals surface area contributed by atoms with Gasteiger partial charge in [-0.25, -0.2) is 4.98 Å². The van der Waals surface area contributed by atoms with Crippen molar-refractivity contribution in [2.75, 3.05) is 23.3 Å². The van der Waals surface area contributed by atoms with Crippen LogP contribution in [0.3, 0.4) is 0 Å². The number of para-hydroxylation sites is 1. The highest BCUT2D eigenvalue weighted by Crippen LogP contribution is 2.30. The first-order chi connectivity index (χ1) is 12.0. The van der Waals surface area contributed by atoms with Crippen LogP contribution in [-0.4, -0.2) is 38.7 Å². The molecule has 0 saturated carbocycles. The summed E-state index contributed by atoms with van der Waals surface area (Å²) in [4.78, 5) is 9.50. The van der Waals surface area contributed by atoms with Crippen molar-refractivity contribution in [3.05, 3.63) is 48.4 Å². The molecule has 1 aliphatic heterocycles. The Balaban J connectivity index is 1.58. The first-order valence-electron chi connectivity index (χ1n) is 7.85. The molecule has 4 rings (SSSR count). The number of hydrogen-bond donors (Lipinski definition) is 1. The summed E-state index contributed by atoms with van der Waals surface area (Å²) in [7, 11) is 0. The Labute approximate surface area is 141 Å². The maximum Gasteiger partial charge on any atom is 0.433 e. The number of hydrogen-bond acceptors (Lipinski definition) is 5. The second kappa shape index (κ2) is 5.91. The van der Waals surface area contributed by atoms with Gasteiger partial charge in [0.2, 0.25) is 0 Å². The van der Waals surface area contributed by atoms with Gasteiger partial charge < -0.3 is 10.2 Å². The highest BCUT2D eigenvalue weighted by atomic mass is 19.4. The maximum atomic E-state index is 13.0. The van der Waals surface area contributed by atoms with E-state index in [2.05, 4.69) is 25.3 Å². The molecule has 25 heavy (non-hydrogen) atoms. The molecule has 0 aliphatic carbocycles. The van der Waals surface area contributed by atoms with Gasteiger partial charge in [-0.3, -0.25) is 0 Å². The van der Waals surface area contributed by atoms with Crippen LogP contribution < -0.4 is 10.2 Å². The lowest BCUT2D eigenvalue weighted by molar-refractivity contribution is -0.141. The molecule has 0 amide bonds. The van der Waals surface area contributed by atoms with Gasteiger partial charge in [-0.1, -0.05) is 18.2 Å². The summed E-state index contributed by atoms with van der Waals surface area (Å²) in [5.74, 6) is 0.171. The topological polar surface area (TPSA) is 58.4 Å². The molecule has 0 bridgehead atoms. The monoisotopic (exact) mass is 348 g/mol. The molecule has 1 atom stereocenters. The first kappa shape index (κ1) is 15.7. The molecule has 1 aliphatic rings. The lowest BCUT2D eigenvalue weighted by atomic mass is 10.2. The van der Waals surface area contributed by atoms with Crippen molar-refractivity contribution in [1.29, 1.82) is 0 Å². The summed E-state index contributed by atoms with van der Waals surface area (Å²) in [5.41, 5.74) is 0.122. The van der Waals surface area contributed by atoms with Gasteiger partial charge in [0.25, 0.3) is 5.78 Å². The molecule has 2 aromatic heterocycles. The number of fused-ring (bicyclic) bond motifs is 1. The second-order valence-corrected chi connectivity index (χ2v) is 5.91. The molecular weight excluding hydrogens is 333 g/mol. The minimum Gasteiger partial charge on any atom is -0.369 e. The lowest BCUT2D eigenvalue weighted by Gasteiger charge is -2.20. The van der Waals surface area contributed by atoms with E-state index in [0.29, 0.717) is 6.54 Å². The van der Waals surface area contributed by atoms with E-state index in [9.17, 15) is 13.2 Å². The molecule has 1 unspecified atom stereocenters. The molecule has 3 aromatic rings.